The van der Waals surface area contributed by atoms with Crippen LogP contribution in [0.15, 0.2) is 173 Å². The predicted octanol–water partition coefficient (Wildman–Crippen LogP) is 9.44. The van der Waals surface area contributed by atoms with Crippen LogP contribution in [-0.2, 0) is 29.5 Å². The lowest BCUT2D eigenvalue weighted by Gasteiger charge is -2.49. The van der Waals surface area contributed by atoms with Gasteiger partial charge in [-0.15, -0.1) is 34.7 Å². The van der Waals surface area contributed by atoms with Crippen molar-refractivity contribution in [2.45, 2.75) is 54.8 Å². The summed E-state index contributed by atoms with van der Waals surface area (Å²) < 4.78 is 6.21. The topological polar surface area (TPSA) is 122 Å². The first-order valence-corrected chi connectivity index (χ1v) is 23.4. The molecule has 0 unspecified atom stereocenters. The molecular weight excluding hydrogens is 850 g/mol. The summed E-state index contributed by atoms with van der Waals surface area (Å²) in [6, 6.07) is 48.5. The van der Waals surface area contributed by atoms with Crippen molar-refractivity contribution in [3.63, 3.8) is 0 Å². The second kappa shape index (κ2) is 19.0. The van der Waals surface area contributed by atoms with Crippen LogP contribution in [0.25, 0.3) is 0 Å². The Kier molecular flexibility index (Phi) is 12.7. The Morgan fingerprint density at radius 1 is 0.794 bits per heavy atom. The minimum Gasteiger partial charge on any atom is -0.448 e. The summed E-state index contributed by atoms with van der Waals surface area (Å²) in [7, 11) is 0. The molecule has 1 aliphatic carbocycles. The van der Waals surface area contributed by atoms with Crippen molar-refractivity contribution in [2.24, 2.45) is 5.16 Å². The van der Waals surface area contributed by atoms with Gasteiger partial charge in [-0.3, -0.25) is 14.5 Å². The van der Waals surface area contributed by atoms with Gasteiger partial charge >= 0.3 is 5.97 Å². The van der Waals surface area contributed by atoms with Gasteiger partial charge in [-0.05, 0) is 59.1 Å². The predicted molar refractivity (Wildman–Crippen MR) is 248 cm³/mol. The molecule has 1 saturated heterocycles. The second-order valence-electron chi connectivity index (χ2n) is 15.5. The van der Waals surface area contributed by atoms with E-state index in [1.165, 1.54) is 28.0 Å². The molecule has 2 fully saturated rings. The van der Waals surface area contributed by atoms with Crippen LogP contribution < -0.4 is 10.6 Å². The Balaban J connectivity index is 0.989. The molecule has 63 heavy (non-hydrogen) atoms. The van der Waals surface area contributed by atoms with E-state index >= 15 is 0 Å². The van der Waals surface area contributed by atoms with E-state index in [4.69, 9.17) is 26.2 Å². The van der Waals surface area contributed by atoms with E-state index in [1.807, 2.05) is 115 Å². The van der Waals surface area contributed by atoms with Gasteiger partial charge in [0, 0.05) is 17.0 Å². The Labute approximate surface area is 379 Å². The van der Waals surface area contributed by atoms with Crippen molar-refractivity contribution >= 4 is 63.3 Å². The van der Waals surface area contributed by atoms with Crippen LogP contribution >= 0.6 is 34.7 Å². The molecule has 1 saturated carbocycles. The highest BCUT2D eigenvalue weighted by Gasteiger charge is 2.55. The van der Waals surface area contributed by atoms with Crippen LogP contribution in [0.2, 0.25) is 0 Å². The van der Waals surface area contributed by atoms with Crippen LogP contribution in [0, 0.1) is 0 Å². The number of carbonyl (C=O) groups is 3. The number of fused-ring (bicyclic) bond motifs is 1. The molecule has 3 aliphatic rings. The SMILES string of the molecule is O=C(N[C@@H]1C(=O)N2C(C(=O)OC(c3ccccc3)c3ccccc3)=C(CCl)CS[C@H]12)C(=NOC1CCCC1)c1csc(NC(c2ccccc2)(c2ccccc2)c2ccccc2)n1. The largest absolute Gasteiger partial charge is 0.448 e. The van der Waals surface area contributed by atoms with Gasteiger partial charge in [-0.1, -0.05) is 157 Å². The molecular formula is C50H44ClN5O5S2. The molecule has 10 nitrogen and oxygen atoms in total. The second-order valence-corrected chi connectivity index (χ2v) is 17.7. The lowest BCUT2D eigenvalue weighted by molar-refractivity contribution is -0.154. The number of ether oxygens (including phenoxy) is 1. The number of alkyl halides is 1. The average Bonchev–Trinajstić information content (AvgIpc) is 4.05. The van der Waals surface area contributed by atoms with Crippen molar-refractivity contribution in [2.75, 3.05) is 16.9 Å². The van der Waals surface area contributed by atoms with Crippen molar-refractivity contribution in [1.82, 2.24) is 15.2 Å². The van der Waals surface area contributed by atoms with Crippen LogP contribution in [-0.4, -0.2) is 62.5 Å². The number of esters is 1. The minimum absolute atomic E-state index is 0.0297. The molecule has 2 atom stereocenters. The molecule has 2 amide bonds. The quantitative estimate of drug-likeness (QED) is 0.0261. The third kappa shape index (κ3) is 8.63. The summed E-state index contributed by atoms with van der Waals surface area (Å²) in [5.41, 5.74) is 4.64. The van der Waals surface area contributed by atoms with Crippen molar-refractivity contribution in [3.8, 4) is 0 Å². The number of β-lactam (4-membered cyclic amide) rings is 1. The smallest absolute Gasteiger partial charge is 0.356 e. The summed E-state index contributed by atoms with van der Waals surface area (Å²) in [4.78, 5) is 55.2. The van der Waals surface area contributed by atoms with Crippen LogP contribution in [0.3, 0.4) is 0 Å². The van der Waals surface area contributed by atoms with Gasteiger partial charge in [-0.25, -0.2) is 9.78 Å². The van der Waals surface area contributed by atoms with Crippen LogP contribution in [0.1, 0.15) is 65.3 Å². The Morgan fingerprint density at radius 2 is 1.32 bits per heavy atom. The third-order valence-corrected chi connectivity index (χ3v) is 14.0. The van der Waals surface area contributed by atoms with E-state index in [0.29, 0.717) is 22.2 Å². The maximum absolute atomic E-state index is 14.4. The lowest BCUT2D eigenvalue weighted by atomic mass is 9.77. The molecule has 0 spiro atoms. The van der Waals surface area contributed by atoms with Gasteiger partial charge in [-0.2, -0.15) is 0 Å². The molecule has 0 radical (unpaired) electrons. The fourth-order valence-electron chi connectivity index (χ4n) is 8.44. The van der Waals surface area contributed by atoms with E-state index in [-0.39, 0.29) is 23.4 Å². The van der Waals surface area contributed by atoms with E-state index in [0.717, 1.165) is 53.5 Å². The molecule has 13 heteroatoms. The Morgan fingerprint density at radius 3 is 1.84 bits per heavy atom. The van der Waals surface area contributed by atoms with Crippen molar-refractivity contribution < 1.29 is 24.0 Å². The molecule has 2 aliphatic heterocycles. The van der Waals surface area contributed by atoms with Gasteiger partial charge in [0.25, 0.3) is 11.8 Å². The van der Waals surface area contributed by atoms with Gasteiger partial charge in [0.05, 0.1) is 0 Å². The number of thiazole rings is 1. The number of carbonyl (C=O) groups excluding carboxylic acids is 3. The number of amides is 2. The number of nitrogens with zero attached hydrogens (tertiary/aromatic N) is 3. The highest BCUT2D eigenvalue weighted by atomic mass is 35.5. The number of benzene rings is 5. The fraction of sp³-hybridized carbons (Fsp3) is 0.220. The number of halogens is 1. The first kappa shape index (κ1) is 42.1. The zero-order valence-electron chi connectivity index (χ0n) is 34.1. The number of hydrogen-bond donors (Lipinski definition) is 2. The number of anilines is 1. The highest BCUT2D eigenvalue weighted by molar-refractivity contribution is 8.00. The molecule has 3 heterocycles. The van der Waals surface area contributed by atoms with Gasteiger partial charge in [0.2, 0.25) is 0 Å². The van der Waals surface area contributed by atoms with E-state index < -0.39 is 40.8 Å². The molecule has 2 N–H and O–H groups in total. The number of rotatable bonds is 15. The summed E-state index contributed by atoms with van der Waals surface area (Å²) in [5, 5.41) is 12.9. The van der Waals surface area contributed by atoms with Crippen molar-refractivity contribution in [3.05, 3.63) is 202 Å². The molecule has 1 aromatic heterocycles. The standard InChI is InChI=1S/C50H44ClN5O5S2/c51-30-35-31-62-47-42(46(58)56(47)43(35)48(59)60-44(33-18-6-1-7-19-33)34-20-8-2-9-21-34)53-45(57)41(55-61-39-28-16-17-29-39)40-32-63-49(52-40)54-50(36-22-10-3-11-23-36,37-24-12-4-13-25-37)38-26-14-5-15-27-38/h1-15,18-27,32,39,42,44,47H,16-17,28-31H2,(H,52,54)(H,53,57)/t42-,47-/m1/s1. The maximum Gasteiger partial charge on any atom is 0.356 e. The van der Waals surface area contributed by atoms with E-state index in [2.05, 4.69) is 52.2 Å². The Bertz CT molecular complexity index is 2470. The zero-order valence-corrected chi connectivity index (χ0v) is 36.5. The zero-order chi connectivity index (χ0) is 43.2. The number of thioether (sulfide) groups is 1. The third-order valence-electron chi connectivity index (χ3n) is 11.6. The van der Waals surface area contributed by atoms with Crippen molar-refractivity contribution in [1.29, 1.82) is 0 Å². The summed E-state index contributed by atoms with van der Waals surface area (Å²) in [6.45, 7) is 0. The first-order valence-electron chi connectivity index (χ1n) is 20.9. The summed E-state index contributed by atoms with van der Waals surface area (Å²) >= 11 is 9.18. The van der Waals surface area contributed by atoms with Gasteiger partial charge in [0.1, 0.15) is 34.4 Å². The van der Waals surface area contributed by atoms with Crippen LogP contribution in [0.5, 0.6) is 0 Å². The van der Waals surface area contributed by atoms with E-state index in [9.17, 15) is 14.4 Å². The molecule has 5 aromatic carbocycles. The van der Waals surface area contributed by atoms with Gasteiger partial charge < -0.3 is 20.2 Å². The normalized spacial score (nSPS) is 17.8. The fourth-order valence-corrected chi connectivity index (χ4v) is 10.9. The summed E-state index contributed by atoms with van der Waals surface area (Å²) in [6.07, 6.45) is 2.82. The molecule has 6 aromatic rings. The number of hydrogen-bond acceptors (Lipinski definition) is 10. The molecule has 318 valence electrons. The van der Waals surface area contributed by atoms with E-state index in [1.54, 1.807) is 5.38 Å². The van der Waals surface area contributed by atoms with Crippen LogP contribution in [0.4, 0.5) is 5.13 Å². The molecule has 9 rings (SSSR count). The van der Waals surface area contributed by atoms with Gasteiger partial charge in [0.15, 0.2) is 16.9 Å². The average molecular weight is 895 g/mol. The number of nitrogens with one attached hydrogen (secondary N) is 2. The Hall–Kier alpha value is -6.21. The minimum atomic E-state index is -0.962. The maximum atomic E-state index is 14.4. The highest BCUT2D eigenvalue weighted by Crippen LogP contribution is 2.43. The monoisotopic (exact) mass is 893 g/mol. The summed E-state index contributed by atoms with van der Waals surface area (Å²) in [5.74, 6) is -1.34. The molecule has 0 bridgehead atoms. The number of oxime groups is 1. The first-order chi connectivity index (χ1) is 30.9. The lowest BCUT2D eigenvalue weighted by Crippen LogP contribution is -2.71. The number of aromatic nitrogens is 1.